The number of nitrogens with one attached hydrogen (secondary N) is 3. The molecule has 0 aliphatic heterocycles. The van der Waals surface area contributed by atoms with E-state index in [1.54, 1.807) is 5.48 Å². The van der Waals surface area contributed by atoms with Crippen LogP contribution in [0.2, 0.25) is 0 Å². The molecule has 4 rings (SSSR count). The number of unbranched alkanes of at least 4 members (excludes halogenated alkanes) is 1. The number of carbonyl (C=O) groups is 2. The fourth-order valence-corrected chi connectivity index (χ4v) is 4.65. The topological polar surface area (TPSA) is 151 Å². The first kappa shape index (κ1) is 28.6. The molecule has 2 aromatic carbocycles. The summed E-state index contributed by atoms with van der Waals surface area (Å²) in [5.74, 6) is -0.413. The molecule has 4 N–H and O–H groups in total. The van der Waals surface area contributed by atoms with Crippen LogP contribution in [0.4, 0.5) is 0 Å². The highest BCUT2D eigenvalue weighted by Crippen LogP contribution is 2.30. The van der Waals surface area contributed by atoms with Gasteiger partial charge in [-0.2, -0.15) is 0 Å². The van der Waals surface area contributed by atoms with E-state index < -0.39 is 17.7 Å². The number of hydroxylamine groups is 1. The lowest BCUT2D eigenvalue weighted by Gasteiger charge is -2.16. The maximum Gasteiger partial charge on any atom is 0.255 e. The quantitative estimate of drug-likeness (QED) is 0.113. The van der Waals surface area contributed by atoms with Gasteiger partial charge >= 0.3 is 0 Å². The Kier molecular flexibility index (Phi) is 9.74. The van der Waals surface area contributed by atoms with Crippen molar-refractivity contribution >= 4 is 11.8 Å². The standard InChI is InChI=1S/C29H36N8O3/c1-4-5-10-26-31-22(16-30-28(38)25(15-19(2)3)29(39)34-40)18-37(26)17-20-11-13-21(14-12-20)23-8-6-7-9-24(23)27-32-35-36-33-27/h6-9,11-14,18-19,25,40H,4-5,10,15-17H2,1-3H3,(H,30,38)(H,34,39)(H,32,33,35,36). The van der Waals surface area contributed by atoms with E-state index in [4.69, 9.17) is 10.2 Å². The second-order valence-electron chi connectivity index (χ2n) is 10.2. The van der Waals surface area contributed by atoms with Crippen molar-refractivity contribution < 1.29 is 14.8 Å². The summed E-state index contributed by atoms with van der Waals surface area (Å²) in [5.41, 5.74) is 6.46. The number of aromatic nitrogens is 6. The fourth-order valence-electron chi connectivity index (χ4n) is 4.65. The fraction of sp³-hybridized carbons (Fsp3) is 0.379. The van der Waals surface area contributed by atoms with Crippen LogP contribution >= 0.6 is 0 Å². The smallest absolute Gasteiger partial charge is 0.255 e. The van der Waals surface area contributed by atoms with Crippen LogP contribution in [0.5, 0.6) is 0 Å². The largest absolute Gasteiger partial charge is 0.350 e. The Balaban J connectivity index is 1.49. The van der Waals surface area contributed by atoms with Gasteiger partial charge < -0.3 is 9.88 Å². The lowest BCUT2D eigenvalue weighted by atomic mass is 9.95. The van der Waals surface area contributed by atoms with Crippen molar-refractivity contribution in [3.8, 4) is 22.5 Å². The van der Waals surface area contributed by atoms with Gasteiger partial charge in [0, 0.05) is 24.7 Å². The summed E-state index contributed by atoms with van der Waals surface area (Å²) in [6, 6.07) is 16.3. The average molecular weight is 545 g/mol. The highest BCUT2D eigenvalue weighted by Gasteiger charge is 2.27. The van der Waals surface area contributed by atoms with E-state index in [-0.39, 0.29) is 12.5 Å². The summed E-state index contributed by atoms with van der Waals surface area (Å²) >= 11 is 0. The molecular weight excluding hydrogens is 508 g/mol. The van der Waals surface area contributed by atoms with Crippen molar-refractivity contribution in [2.45, 2.75) is 59.5 Å². The molecular formula is C29H36N8O3. The monoisotopic (exact) mass is 544 g/mol. The number of nitrogens with zero attached hydrogens (tertiary/aromatic N) is 5. The van der Waals surface area contributed by atoms with Crippen molar-refractivity contribution in [1.82, 2.24) is 41.0 Å². The molecule has 1 unspecified atom stereocenters. The van der Waals surface area contributed by atoms with Gasteiger partial charge in [-0.05, 0) is 45.9 Å². The Bertz CT molecular complexity index is 1400. The second-order valence-corrected chi connectivity index (χ2v) is 10.2. The third-order valence-corrected chi connectivity index (χ3v) is 6.70. The zero-order valence-electron chi connectivity index (χ0n) is 23.1. The molecule has 0 radical (unpaired) electrons. The molecule has 2 aromatic heterocycles. The minimum atomic E-state index is -0.962. The molecule has 0 bridgehead atoms. The molecule has 0 spiro atoms. The van der Waals surface area contributed by atoms with Crippen LogP contribution in [0.3, 0.4) is 0 Å². The van der Waals surface area contributed by atoms with E-state index in [1.165, 1.54) is 0 Å². The number of tetrazole rings is 1. The number of carbonyl (C=O) groups excluding carboxylic acids is 2. The summed E-state index contributed by atoms with van der Waals surface area (Å²) in [5, 5.41) is 26.2. The number of benzene rings is 2. The molecule has 0 saturated carbocycles. The number of H-pyrrole nitrogens is 1. The zero-order chi connectivity index (χ0) is 28.5. The number of amides is 2. The Hall–Kier alpha value is -4.38. The first-order valence-electron chi connectivity index (χ1n) is 13.6. The molecule has 0 aliphatic rings. The third kappa shape index (κ3) is 7.17. The van der Waals surface area contributed by atoms with Crippen molar-refractivity contribution in [2.24, 2.45) is 11.8 Å². The Morgan fingerprint density at radius 2 is 1.80 bits per heavy atom. The Morgan fingerprint density at radius 3 is 2.45 bits per heavy atom. The molecule has 2 heterocycles. The first-order valence-corrected chi connectivity index (χ1v) is 13.6. The molecule has 210 valence electrons. The number of hydrogen-bond donors (Lipinski definition) is 4. The van der Waals surface area contributed by atoms with Gasteiger partial charge in [0.2, 0.25) is 5.91 Å². The van der Waals surface area contributed by atoms with Crippen LogP contribution in [-0.4, -0.2) is 47.2 Å². The molecule has 11 heteroatoms. The van der Waals surface area contributed by atoms with Gasteiger partial charge in [-0.25, -0.2) is 15.6 Å². The highest BCUT2D eigenvalue weighted by molar-refractivity contribution is 5.99. The normalized spacial score (nSPS) is 11.9. The van der Waals surface area contributed by atoms with E-state index in [1.807, 2.05) is 44.3 Å². The van der Waals surface area contributed by atoms with Crippen LogP contribution in [0.1, 0.15) is 57.1 Å². The van der Waals surface area contributed by atoms with Gasteiger partial charge in [-0.3, -0.25) is 14.8 Å². The van der Waals surface area contributed by atoms with Gasteiger partial charge in [0.05, 0.1) is 12.2 Å². The van der Waals surface area contributed by atoms with Gasteiger partial charge in [0.1, 0.15) is 11.7 Å². The average Bonchev–Trinajstić information content (AvgIpc) is 3.64. The molecule has 4 aromatic rings. The Morgan fingerprint density at radius 1 is 1.05 bits per heavy atom. The van der Waals surface area contributed by atoms with E-state index in [0.29, 0.717) is 18.8 Å². The minimum Gasteiger partial charge on any atom is -0.350 e. The SMILES string of the molecule is CCCCc1nc(CNC(=O)C(CC(C)C)C(=O)NO)cn1Cc1ccc(-c2ccccc2-c2nnn[nH]2)cc1. The molecule has 2 amide bonds. The summed E-state index contributed by atoms with van der Waals surface area (Å²) < 4.78 is 2.12. The van der Waals surface area contributed by atoms with Crippen LogP contribution < -0.4 is 10.8 Å². The number of aromatic amines is 1. The van der Waals surface area contributed by atoms with Crippen molar-refractivity contribution in [3.05, 3.63) is 71.8 Å². The number of rotatable bonds is 13. The van der Waals surface area contributed by atoms with Crippen molar-refractivity contribution in [3.63, 3.8) is 0 Å². The van der Waals surface area contributed by atoms with E-state index in [0.717, 1.165) is 53.0 Å². The maximum atomic E-state index is 12.7. The van der Waals surface area contributed by atoms with Gasteiger partial charge in [-0.15, -0.1) is 5.10 Å². The predicted octanol–water partition coefficient (Wildman–Crippen LogP) is 3.91. The minimum absolute atomic E-state index is 0.118. The van der Waals surface area contributed by atoms with Crippen molar-refractivity contribution in [1.29, 1.82) is 0 Å². The van der Waals surface area contributed by atoms with Gasteiger partial charge in [0.25, 0.3) is 5.91 Å². The molecule has 0 aliphatic carbocycles. The predicted molar refractivity (Wildman–Crippen MR) is 150 cm³/mol. The lowest BCUT2D eigenvalue weighted by Crippen LogP contribution is -2.40. The molecule has 40 heavy (non-hydrogen) atoms. The molecule has 0 fully saturated rings. The van der Waals surface area contributed by atoms with E-state index in [2.05, 4.69) is 61.7 Å². The third-order valence-electron chi connectivity index (χ3n) is 6.70. The molecule has 11 nitrogen and oxygen atoms in total. The summed E-state index contributed by atoms with van der Waals surface area (Å²) in [4.78, 5) is 29.5. The number of imidazole rings is 1. The van der Waals surface area contributed by atoms with Crippen LogP contribution in [0, 0.1) is 11.8 Å². The Labute approximate surface area is 233 Å². The van der Waals surface area contributed by atoms with Crippen LogP contribution in [0.25, 0.3) is 22.5 Å². The highest BCUT2D eigenvalue weighted by atomic mass is 16.5. The van der Waals surface area contributed by atoms with Crippen LogP contribution in [0.15, 0.2) is 54.7 Å². The number of aryl methyl sites for hydroxylation is 1. The first-order chi connectivity index (χ1) is 19.4. The van der Waals surface area contributed by atoms with Crippen LogP contribution in [-0.2, 0) is 29.1 Å². The van der Waals surface area contributed by atoms with Gasteiger partial charge in [0.15, 0.2) is 5.82 Å². The van der Waals surface area contributed by atoms with Gasteiger partial charge in [-0.1, -0.05) is 75.7 Å². The number of hydrogen-bond acceptors (Lipinski definition) is 7. The summed E-state index contributed by atoms with van der Waals surface area (Å²) in [7, 11) is 0. The second kappa shape index (κ2) is 13.6. The van der Waals surface area contributed by atoms with Crippen molar-refractivity contribution in [2.75, 3.05) is 0 Å². The summed E-state index contributed by atoms with van der Waals surface area (Å²) in [6.45, 7) is 6.82. The molecule has 1 atom stereocenters. The summed E-state index contributed by atoms with van der Waals surface area (Å²) in [6.07, 6.45) is 5.16. The maximum absolute atomic E-state index is 12.7. The lowest BCUT2D eigenvalue weighted by molar-refractivity contribution is -0.141. The van der Waals surface area contributed by atoms with E-state index >= 15 is 0 Å². The van der Waals surface area contributed by atoms with E-state index in [9.17, 15) is 9.59 Å². The molecule has 0 saturated heterocycles. The zero-order valence-corrected chi connectivity index (χ0v) is 23.1.